The average Bonchev–Trinajstić information content (AvgIpc) is 3.18. The summed E-state index contributed by atoms with van der Waals surface area (Å²) in [5, 5.41) is 12.2. The molecule has 1 fully saturated rings. The van der Waals surface area contributed by atoms with E-state index in [0.29, 0.717) is 5.56 Å². The number of nitrogens with one attached hydrogen (secondary N) is 1. The molecule has 0 spiro atoms. The summed E-state index contributed by atoms with van der Waals surface area (Å²) < 4.78 is 21.3. The Balaban J connectivity index is 1.76. The van der Waals surface area contributed by atoms with Crippen LogP contribution in [-0.2, 0) is 9.22 Å². The van der Waals surface area contributed by atoms with Gasteiger partial charge in [0.05, 0.1) is 11.8 Å². The maximum Gasteiger partial charge on any atom is 0.408 e. The van der Waals surface area contributed by atoms with Gasteiger partial charge >= 0.3 is 6.09 Å². The van der Waals surface area contributed by atoms with Crippen molar-refractivity contribution in [3.63, 3.8) is 0 Å². The zero-order chi connectivity index (χ0) is 25.3. The van der Waals surface area contributed by atoms with Crippen LogP contribution in [0.15, 0.2) is 47.4 Å². The molecule has 0 unspecified atom stereocenters. The first-order valence-corrected chi connectivity index (χ1v) is 15.4. The lowest BCUT2D eigenvalue weighted by molar-refractivity contribution is -0.120. The molecule has 0 saturated carbocycles. The van der Waals surface area contributed by atoms with Crippen LogP contribution >= 0.6 is 11.8 Å². The minimum absolute atomic E-state index is 0.0227. The van der Waals surface area contributed by atoms with Gasteiger partial charge in [-0.1, -0.05) is 45.0 Å². The van der Waals surface area contributed by atoms with Gasteiger partial charge in [-0.2, -0.15) is 0 Å². The third-order valence-electron chi connectivity index (χ3n) is 6.72. The lowest BCUT2D eigenvalue weighted by Crippen LogP contribution is -2.45. The van der Waals surface area contributed by atoms with E-state index in [1.165, 1.54) is 12.1 Å². The molecule has 1 aliphatic rings. The van der Waals surface area contributed by atoms with Crippen molar-refractivity contribution < 1.29 is 23.5 Å². The minimum atomic E-state index is -2.14. The average molecular weight is 505 g/mol. The van der Waals surface area contributed by atoms with Crippen LogP contribution in [0.1, 0.15) is 27.2 Å². The normalized spacial score (nSPS) is 18.7. The molecule has 2 amide bonds. The molecule has 6 nitrogen and oxygen atoms in total. The van der Waals surface area contributed by atoms with Crippen LogP contribution in [0.4, 0.5) is 14.9 Å². The predicted octanol–water partition coefficient (Wildman–Crippen LogP) is 6.30. The Morgan fingerprint density at radius 1 is 1.21 bits per heavy atom. The Hall–Kier alpha value is -2.36. The van der Waals surface area contributed by atoms with Crippen molar-refractivity contribution in [2.45, 2.75) is 62.4 Å². The van der Waals surface area contributed by atoms with E-state index in [9.17, 15) is 19.1 Å². The highest BCUT2D eigenvalue weighted by atomic mass is 32.2. The van der Waals surface area contributed by atoms with Gasteiger partial charge in [0.25, 0.3) is 0 Å². The molecule has 9 heteroatoms. The van der Waals surface area contributed by atoms with Gasteiger partial charge in [0, 0.05) is 17.9 Å². The molecule has 1 heterocycles. The zero-order valence-corrected chi connectivity index (χ0v) is 22.3. The molecule has 34 heavy (non-hydrogen) atoms. The largest absolute Gasteiger partial charge is 0.465 e. The highest BCUT2D eigenvalue weighted by Crippen LogP contribution is 2.39. The second-order valence-electron chi connectivity index (χ2n) is 10.1. The number of amides is 2. The first-order valence-electron chi connectivity index (χ1n) is 11.2. The van der Waals surface area contributed by atoms with Gasteiger partial charge in [0.15, 0.2) is 8.32 Å². The summed E-state index contributed by atoms with van der Waals surface area (Å²) in [6.45, 7) is 10.6. The Kier molecular flexibility index (Phi) is 7.79. The molecule has 0 radical (unpaired) electrons. The summed E-state index contributed by atoms with van der Waals surface area (Å²) >= 11 is 1.57. The van der Waals surface area contributed by atoms with Crippen LogP contribution in [-0.4, -0.2) is 55.3 Å². The standard InChI is InChI=1S/C25H33FN2O4SSi/c1-25(2,3)34(5,6)32-17-14-21(28(15-17)24(30)31)23(29)27-20-12-11-16(13-19(20)26)18-9-7-8-10-22(18)33-4/h7-13,17,21H,14-15H2,1-6H3,(H,27,29)(H,30,31)/t17-,21-/m1/s1. The zero-order valence-electron chi connectivity index (χ0n) is 20.5. The van der Waals surface area contributed by atoms with E-state index in [0.717, 1.165) is 15.4 Å². The molecule has 184 valence electrons. The Labute approximate surface area is 206 Å². The van der Waals surface area contributed by atoms with Crippen LogP contribution < -0.4 is 5.32 Å². The molecule has 0 aromatic heterocycles. The minimum Gasteiger partial charge on any atom is -0.465 e. The highest BCUT2D eigenvalue weighted by Gasteiger charge is 2.45. The van der Waals surface area contributed by atoms with Gasteiger partial charge in [-0.05, 0) is 53.7 Å². The fraction of sp³-hybridized carbons (Fsp3) is 0.440. The summed E-state index contributed by atoms with van der Waals surface area (Å²) in [6, 6.07) is 11.4. The van der Waals surface area contributed by atoms with E-state index in [1.54, 1.807) is 17.8 Å². The van der Waals surface area contributed by atoms with E-state index < -0.39 is 32.2 Å². The number of likely N-dealkylation sites (tertiary alicyclic amines) is 1. The Morgan fingerprint density at radius 2 is 1.88 bits per heavy atom. The number of thioether (sulfide) groups is 1. The van der Waals surface area contributed by atoms with Gasteiger partial charge in [0.1, 0.15) is 11.9 Å². The van der Waals surface area contributed by atoms with E-state index >= 15 is 0 Å². The lowest BCUT2D eigenvalue weighted by atomic mass is 10.0. The van der Waals surface area contributed by atoms with Crippen molar-refractivity contribution >= 4 is 37.8 Å². The number of rotatable bonds is 6. The molecule has 3 rings (SSSR count). The third-order valence-corrected chi connectivity index (χ3v) is 12.1. The molecule has 2 N–H and O–H groups in total. The van der Waals surface area contributed by atoms with Crippen molar-refractivity contribution in [3.8, 4) is 11.1 Å². The number of carbonyl (C=O) groups excluding carboxylic acids is 1. The van der Waals surface area contributed by atoms with Crippen molar-refractivity contribution in [2.24, 2.45) is 0 Å². The monoisotopic (exact) mass is 504 g/mol. The lowest BCUT2D eigenvalue weighted by Gasteiger charge is -2.38. The third kappa shape index (κ3) is 5.64. The molecular weight excluding hydrogens is 471 g/mol. The summed E-state index contributed by atoms with van der Waals surface area (Å²) in [6.07, 6.45) is 0.640. The molecule has 1 saturated heterocycles. The quantitative estimate of drug-likeness (QED) is 0.357. The van der Waals surface area contributed by atoms with Crippen molar-refractivity contribution in [1.82, 2.24) is 4.90 Å². The molecule has 0 aliphatic carbocycles. The predicted molar refractivity (Wildman–Crippen MR) is 137 cm³/mol. The van der Waals surface area contributed by atoms with Crippen LogP contribution in [0, 0.1) is 5.82 Å². The number of nitrogens with zero attached hydrogens (tertiary/aromatic N) is 1. The first-order chi connectivity index (χ1) is 15.8. The first kappa shape index (κ1) is 26.2. The van der Waals surface area contributed by atoms with Crippen molar-refractivity contribution in [1.29, 1.82) is 0 Å². The summed E-state index contributed by atoms with van der Waals surface area (Å²) in [5.74, 6) is -1.13. The van der Waals surface area contributed by atoms with Crippen LogP contribution in [0.25, 0.3) is 11.1 Å². The van der Waals surface area contributed by atoms with Gasteiger partial charge < -0.3 is 14.8 Å². The summed E-state index contributed by atoms with van der Waals surface area (Å²) in [5.41, 5.74) is 1.64. The topological polar surface area (TPSA) is 78.9 Å². The molecule has 0 bridgehead atoms. The number of halogens is 1. The number of benzene rings is 2. The van der Waals surface area contributed by atoms with Crippen LogP contribution in [0.2, 0.25) is 18.1 Å². The van der Waals surface area contributed by atoms with Crippen molar-refractivity contribution in [2.75, 3.05) is 18.1 Å². The van der Waals surface area contributed by atoms with Crippen molar-refractivity contribution in [3.05, 3.63) is 48.3 Å². The number of anilines is 1. The van der Waals surface area contributed by atoms with E-state index in [-0.39, 0.29) is 29.8 Å². The maximum atomic E-state index is 14.9. The maximum absolute atomic E-state index is 14.9. The summed E-state index contributed by atoms with van der Waals surface area (Å²) in [7, 11) is -2.14. The van der Waals surface area contributed by atoms with E-state index in [2.05, 4.69) is 39.2 Å². The van der Waals surface area contributed by atoms with Gasteiger partial charge in [-0.15, -0.1) is 11.8 Å². The number of hydrogen-bond acceptors (Lipinski definition) is 4. The molecule has 2 atom stereocenters. The highest BCUT2D eigenvalue weighted by molar-refractivity contribution is 7.98. The fourth-order valence-corrected chi connectivity index (χ4v) is 5.80. The second-order valence-corrected chi connectivity index (χ2v) is 15.7. The van der Waals surface area contributed by atoms with Gasteiger partial charge in [-0.3, -0.25) is 9.69 Å². The smallest absolute Gasteiger partial charge is 0.408 e. The molecule has 2 aromatic rings. The summed E-state index contributed by atoms with van der Waals surface area (Å²) in [4.78, 5) is 27.0. The number of carboxylic acid groups (broad SMARTS) is 1. The number of carbonyl (C=O) groups is 2. The Bertz CT molecular complexity index is 1070. The van der Waals surface area contributed by atoms with Crippen LogP contribution in [0.3, 0.4) is 0 Å². The molecule has 2 aromatic carbocycles. The second kappa shape index (κ2) is 10.1. The fourth-order valence-electron chi connectivity index (χ4n) is 3.82. The van der Waals surface area contributed by atoms with Crippen LogP contribution in [0.5, 0.6) is 0 Å². The SMILES string of the molecule is CSc1ccccc1-c1ccc(NC(=O)[C@H]2C[C@@H](O[Si](C)(C)C(C)(C)C)CN2C(=O)O)c(F)c1. The molecule has 1 aliphatic heterocycles. The van der Waals surface area contributed by atoms with Gasteiger partial charge in [-0.25, -0.2) is 9.18 Å². The number of hydrogen-bond donors (Lipinski definition) is 2. The van der Waals surface area contributed by atoms with Gasteiger partial charge in [0.2, 0.25) is 5.91 Å². The Morgan fingerprint density at radius 3 is 2.47 bits per heavy atom. The van der Waals surface area contributed by atoms with E-state index in [1.807, 2.05) is 30.5 Å². The van der Waals surface area contributed by atoms with E-state index in [4.69, 9.17) is 4.43 Å². The molecular formula is C25H33FN2O4SSi.